The first-order valence-corrected chi connectivity index (χ1v) is 8.70. The Morgan fingerprint density at radius 3 is 2.67 bits per heavy atom. The molecule has 0 saturated heterocycles. The maximum absolute atomic E-state index is 13.3. The minimum atomic E-state index is -3.91. The van der Waals surface area contributed by atoms with Gasteiger partial charge in [0.1, 0.15) is 5.82 Å². The Balaban J connectivity index is 2.23. The van der Waals surface area contributed by atoms with Crippen LogP contribution >= 0.6 is 27.3 Å². The Hall–Kier alpha value is -1.29. The Labute approximate surface area is 132 Å². The second-order valence-electron chi connectivity index (χ2n) is 4.00. The van der Waals surface area contributed by atoms with Gasteiger partial charge < -0.3 is 5.11 Å². The van der Waals surface area contributed by atoms with E-state index >= 15 is 0 Å². The molecule has 0 fully saturated rings. The minimum Gasteiger partial charge on any atom is -0.478 e. The molecule has 112 valence electrons. The summed E-state index contributed by atoms with van der Waals surface area (Å²) in [5.74, 6) is -2.50. The van der Waals surface area contributed by atoms with E-state index in [1.807, 2.05) is 5.38 Å². The van der Waals surface area contributed by atoms with Gasteiger partial charge in [-0.05, 0) is 40.2 Å². The number of carboxylic acids is 1. The molecule has 0 saturated carbocycles. The van der Waals surface area contributed by atoms with Crippen molar-refractivity contribution in [3.63, 3.8) is 0 Å². The number of hydrogen-bond acceptors (Lipinski definition) is 4. The largest absolute Gasteiger partial charge is 0.478 e. The number of hydrogen-bond donors (Lipinski definition) is 2. The van der Waals surface area contributed by atoms with E-state index in [0.717, 1.165) is 27.5 Å². The second kappa shape index (κ2) is 6.22. The summed E-state index contributed by atoms with van der Waals surface area (Å²) in [5, 5.41) is 10.6. The van der Waals surface area contributed by atoms with Crippen molar-refractivity contribution in [2.45, 2.75) is 11.4 Å². The van der Waals surface area contributed by atoms with Gasteiger partial charge in [0.05, 0.1) is 10.5 Å². The zero-order chi connectivity index (χ0) is 15.6. The number of benzene rings is 1. The first-order chi connectivity index (χ1) is 9.79. The van der Waals surface area contributed by atoms with E-state index in [9.17, 15) is 17.6 Å². The molecule has 0 atom stereocenters. The summed E-state index contributed by atoms with van der Waals surface area (Å²) in [6.45, 7) is 0.0678. The highest BCUT2D eigenvalue weighted by Gasteiger charge is 2.19. The van der Waals surface area contributed by atoms with E-state index in [4.69, 9.17) is 5.11 Å². The van der Waals surface area contributed by atoms with Gasteiger partial charge in [-0.1, -0.05) is 0 Å². The van der Waals surface area contributed by atoms with E-state index in [0.29, 0.717) is 0 Å². The third-order valence-electron chi connectivity index (χ3n) is 2.54. The molecular formula is C12H9BrFNO4S2. The van der Waals surface area contributed by atoms with Gasteiger partial charge in [-0.25, -0.2) is 22.3 Å². The first kappa shape index (κ1) is 16.1. The zero-order valence-electron chi connectivity index (χ0n) is 10.3. The fourth-order valence-electron chi connectivity index (χ4n) is 1.53. The highest BCUT2D eigenvalue weighted by Crippen LogP contribution is 2.20. The molecule has 1 heterocycles. The fraction of sp³-hybridized carbons (Fsp3) is 0.0833. The van der Waals surface area contributed by atoms with E-state index in [1.165, 1.54) is 11.3 Å². The van der Waals surface area contributed by atoms with Crippen molar-refractivity contribution in [3.05, 3.63) is 50.4 Å². The molecule has 0 aliphatic rings. The molecule has 0 amide bonds. The summed E-state index contributed by atoms with van der Waals surface area (Å²) in [5.41, 5.74) is -0.684. The van der Waals surface area contributed by atoms with Crippen LogP contribution in [0, 0.1) is 5.82 Å². The summed E-state index contributed by atoms with van der Waals surface area (Å²) < 4.78 is 40.6. The first-order valence-electron chi connectivity index (χ1n) is 5.55. The summed E-state index contributed by atoms with van der Waals surface area (Å²) in [6, 6.07) is 4.40. The van der Waals surface area contributed by atoms with Gasteiger partial charge >= 0.3 is 5.97 Å². The average molecular weight is 394 g/mol. The molecule has 0 aliphatic heterocycles. The zero-order valence-corrected chi connectivity index (χ0v) is 13.6. The van der Waals surface area contributed by atoms with Crippen molar-refractivity contribution in [3.8, 4) is 0 Å². The molecule has 2 N–H and O–H groups in total. The van der Waals surface area contributed by atoms with Crippen LogP contribution in [0.2, 0.25) is 0 Å². The van der Waals surface area contributed by atoms with Crippen LogP contribution in [0.1, 0.15) is 15.2 Å². The maximum atomic E-state index is 13.3. The van der Waals surface area contributed by atoms with Gasteiger partial charge in [0.15, 0.2) is 0 Å². The number of aromatic carboxylic acids is 1. The van der Waals surface area contributed by atoms with Gasteiger partial charge in [0.2, 0.25) is 10.0 Å². The van der Waals surface area contributed by atoms with Crippen LogP contribution in [0.4, 0.5) is 4.39 Å². The molecule has 0 aliphatic carbocycles. The van der Waals surface area contributed by atoms with Gasteiger partial charge in [-0.3, -0.25) is 0 Å². The molecule has 0 unspecified atom stereocenters. The van der Waals surface area contributed by atoms with Gasteiger partial charge in [-0.2, -0.15) is 0 Å². The van der Waals surface area contributed by atoms with Gasteiger partial charge in [-0.15, -0.1) is 11.3 Å². The van der Waals surface area contributed by atoms with Crippen LogP contribution in [-0.4, -0.2) is 19.5 Å². The topological polar surface area (TPSA) is 83.5 Å². The summed E-state index contributed by atoms with van der Waals surface area (Å²) in [7, 11) is -3.91. The Morgan fingerprint density at radius 2 is 2.10 bits per heavy atom. The molecule has 5 nitrogen and oxygen atoms in total. The Morgan fingerprint density at radius 1 is 1.38 bits per heavy atom. The smallest absolute Gasteiger partial charge is 0.338 e. The lowest BCUT2D eigenvalue weighted by Gasteiger charge is -2.07. The quantitative estimate of drug-likeness (QED) is 0.817. The molecule has 0 spiro atoms. The highest BCUT2D eigenvalue weighted by atomic mass is 79.9. The standard InChI is InChI=1S/C12H9BrFNO4S2/c13-7-3-8(20-6-7)5-15-21(18,19)9-1-2-11(14)10(4-9)12(16)17/h1-4,6,15H,5H2,(H,16,17). The molecule has 2 rings (SSSR count). The van der Waals surface area contributed by atoms with Crippen LogP contribution in [0.5, 0.6) is 0 Å². The van der Waals surface area contributed by atoms with E-state index in [1.54, 1.807) is 6.07 Å². The predicted molar refractivity (Wildman–Crippen MR) is 79.4 cm³/mol. The number of halogens is 2. The SMILES string of the molecule is O=C(O)c1cc(S(=O)(=O)NCc2cc(Br)cs2)ccc1F. The third kappa shape index (κ3) is 3.88. The van der Waals surface area contributed by atoms with E-state index in [2.05, 4.69) is 20.7 Å². The van der Waals surface area contributed by atoms with Crippen molar-refractivity contribution < 1.29 is 22.7 Å². The number of thiophene rings is 1. The molecule has 0 bridgehead atoms. The van der Waals surface area contributed by atoms with Crippen molar-refractivity contribution in [1.82, 2.24) is 4.72 Å². The normalized spacial score (nSPS) is 11.5. The highest BCUT2D eigenvalue weighted by molar-refractivity contribution is 9.10. The summed E-state index contributed by atoms with van der Waals surface area (Å²) in [4.78, 5) is 11.3. The van der Waals surface area contributed by atoms with Crippen LogP contribution in [-0.2, 0) is 16.6 Å². The molecule has 0 radical (unpaired) electrons. The second-order valence-corrected chi connectivity index (χ2v) is 7.68. The molecule has 2 aromatic rings. The van der Waals surface area contributed by atoms with Gasteiger partial charge in [0.25, 0.3) is 0 Å². The maximum Gasteiger partial charge on any atom is 0.338 e. The third-order valence-corrected chi connectivity index (χ3v) is 5.63. The fourth-order valence-corrected chi connectivity index (χ4v) is 4.05. The van der Waals surface area contributed by atoms with Crippen LogP contribution in [0.3, 0.4) is 0 Å². The van der Waals surface area contributed by atoms with E-state index < -0.39 is 27.4 Å². The molecule has 21 heavy (non-hydrogen) atoms. The lowest BCUT2D eigenvalue weighted by Crippen LogP contribution is -2.23. The Kier molecular flexibility index (Phi) is 4.77. The minimum absolute atomic E-state index is 0.0678. The monoisotopic (exact) mass is 393 g/mol. The molecular weight excluding hydrogens is 385 g/mol. The van der Waals surface area contributed by atoms with Crippen LogP contribution < -0.4 is 4.72 Å². The summed E-state index contributed by atoms with van der Waals surface area (Å²) >= 11 is 4.63. The number of rotatable bonds is 5. The lowest BCUT2D eigenvalue weighted by atomic mass is 10.2. The molecule has 9 heteroatoms. The van der Waals surface area contributed by atoms with Crippen molar-refractivity contribution in [2.75, 3.05) is 0 Å². The lowest BCUT2D eigenvalue weighted by molar-refractivity contribution is 0.0691. The molecule has 1 aromatic carbocycles. The Bertz CT molecular complexity index is 788. The average Bonchev–Trinajstić information content (AvgIpc) is 2.82. The number of nitrogens with one attached hydrogen (secondary N) is 1. The van der Waals surface area contributed by atoms with Crippen molar-refractivity contribution in [2.24, 2.45) is 0 Å². The van der Waals surface area contributed by atoms with Crippen LogP contribution in [0.25, 0.3) is 0 Å². The number of carboxylic acid groups (broad SMARTS) is 1. The number of carbonyl (C=O) groups is 1. The summed E-state index contributed by atoms with van der Waals surface area (Å²) in [6.07, 6.45) is 0. The number of sulfonamides is 1. The molecule has 1 aromatic heterocycles. The van der Waals surface area contributed by atoms with Crippen molar-refractivity contribution >= 4 is 43.3 Å². The van der Waals surface area contributed by atoms with Crippen molar-refractivity contribution in [1.29, 1.82) is 0 Å². The van der Waals surface area contributed by atoms with Gasteiger partial charge in [0, 0.05) is 21.3 Å². The van der Waals surface area contributed by atoms with E-state index in [-0.39, 0.29) is 11.4 Å². The van der Waals surface area contributed by atoms with Crippen LogP contribution in [0.15, 0.2) is 39.0 Å². The predicted octanol–water partition coefficient (Wildman–Crippen LogP) is 2.83.